The van der Waals surface area contributed by atoms with Crippen molar-refractivity contribution in [2.45, 2.75) is 73.0 Å². The smallest absolute Gasteiger partial charge is 0.188 e. The molecule has 12 atom stereocenters. The minimum absolute atomic E-state index is 0.376. The molecule has 2 saturated heterocycles. The molecule has 3 aliphatic rings. The van der Waals surface area contributed by atoms with Crippen LogP contribution in [0.15, 0.2) is 17.3 Å². The van der Waals surface area contributed by atoms with Crippen molar-refractivity contribution in [1.29, 1.82) is 0 Å². The lowest BCUT2D eigenvalue weighted by molar-refractivity contribution is -0.333. The average molecular weight is 499 g/mol. The van der Waals surface area contributed by atoms with E-state index in [-0.39, 0.29) is 0 Å². The molecular formula is C18H29NO13S. The van der Waals surface area contributed by atoms with Gasteiger partial charge in [-0.25, -0.2) is 0 Å². The Morgan fingerprint density at radius 3 is 2.12 bits per heavy atom. The molecule has 0 aromatic heterocycles. The van der Waals surface area contributed by atoms with Crippen LogP contribution in [0.3, 0.4) is 0 Å². The van der Waals surface area contributed by atoms with Crippen LogP contribution >= 0.6 is 11.8 Å². The van der Waals surface area contributed by atoms with Crippen LogP contribution in [-0.4, -0.2) is 139 Å². The Balaban J connectivity index is 1.63. The molecule has 14 nitrogen and oxygen atoms in total. The fraction of sp³-hybridized carbons (Fsp3) is 0.833. The van der Waals surface area contributed by atoms with Crippen LogP contribution in [0.25, 0.3) is 0 Å². The number of hydrogen-bond donors (Lipinski definition) is 8. The molecule has 2 fully saturated rings. The molecular weight excluding hydrogens is 470 g/mol. The van der Waals surface area contributed by atoms with Gasteiger partial charge in [0, 0.05) is 0 Å². The summed E-state index contributed by atoms with van der Waals surface area (Å²) in [5.74, 6) is 0. The average Bonchev–Trinajstić information content (AvgIpc) is 2.80. The van der Waals surface area contributed by atoms with Gasteiger partial charge in [-0.15, -0.1) is 0 Å². The predicted octanol–water partition coefficient (Wildman–Crippen LogP) is -4.42. The minimum Gasteiger partial charge on any atom is -0.398 e. The Morgan fingerprint density at radius 1 is 0.879 bits per heavy atom. The molecule has 33 heavy (non-hydrogen) atoms. The zero-order chi connectivity index (χ0) is 24.3. The largest absolute Gasteiger partial charge is 0.398 e. The van der Waals surface area contributed by atoms with E-state index >= 15 is 0 Å². The number of aliphatic hydroxyl groups is 8. The predicted molar refractivity (Wildman–Crippen MR) is 108 cm³/mol. The first-order valence-corrected chi connectivity index (χ1v) is 11.0. The molecule has 8 N–H and O–H groups in total. The molecule has 0 amide bonds. The SMILES string of the molecule is CON=C1C=CC(O)C(OC2OC(COC3OC(CO)C(O)C(O)C3O)C(O)C(O)C2O)S1. The fourth-order valence-corrected chi connectivity index (χ4v) is 4.35. The maximum atomic E-state index is 10.3. The molecule has 3 aliphatic heterocycles. The second-order valence-electron chi connectivity index (χ2n) is 7.63. The topological polar surface area (TPSA) is 220 Å². The number of thioether (sulfide) groups is 1. The summed E-state index contributed by atoms with van der Waals surface area (Å²) in [4.78, 5) is 4.68. The van der Waals surface area contributed by atoms with E-state index in [1.54, 1.807) is 0 Å². The van der Waals surface area contributed by atoms with Crippen molar-refractivity contribution in [3.63, 3.8) is 0 Å². The molecule has 3 heterocycles. The summed E-state index contributed by atoms with van der Waals surface area (Å²) in [5.41, 5.74) is -0.988. The van der Waals surface area contributed by atoms with Gasteiger partial charge in [0.15, 0.2) is 12.6 Å². The molecule has 0 spiro atoms. The summed E-state index contributed by atoms with van der Waals surface area (Å²) in [7, 11) is 1.34. The van der Waals surface area contributed by atoms with Crippen LogP contribution in [0.2, 0.25) is 0 Å². The van der Waals surface area contributed by atoms with Crippen LogP contribution < -0.4 is 0 Å². The third-order valence-corrected chi connectivity index (χ3v) is 6.42. The summed E-state index contributed by atoms with van der Waals surface area (Å²) >= 11 is 0.974. The van der Waals surface area contributed by atoms with Gasteiger partial charge in [-0.2, -0.15) is 0 Å². The summed E-state index contributed by atoms with van der Waals surface area (Å²) in [5, 5.41) is 84.0. The van der Waals surface area contributed by atoms with Crippen LogP contribution in [-0.2, 0) is 23.8 Å². The van der Waals surface area contributed by atoms with Gasteiger partial charge in [0.2, 0.25) is 0 Å². The first-order chi connectivity index (χ1) is 15.7. The summed E-state index contributed by atoms with van der Waals surface area (Å²) in [6.07, 6.45) is -13.6. The zero-order valence-corrected chi connectivity index (χ0v) is 18.3. The molecule has 15 heteroatoms. The van der Waals surface area contributed by atoms with E-state index < -0.39 is 86.2 Å². The lowest BCUT2D eigenvalue weighted by Crippen LogP contribution is -2.62. The van der Waals surface area contributed by atoms with Gasteiger partial charge in [-0.05, 0) is 12.2 Å². The number of ether oxygens (including phenoxy) is 4. The Hall–Kier alpha value is -0.920. The van der Waals surface area contributed by atoms with Gasteiger partial charge in [0.25, 0.3) is 0 Å². The Bertz CT molecular complexity index is 696. The number of oxime groups is 1. The molecule has 12 unspecified atom stereocenters. The second kappa shape index (κ2) is 11.7. The van der Waals surface area contributed by atoms with Crippen molar-refractivity contribution in [3.05, 3.63) is 12.2 Å². The monoisotopic (exact) mass is 499 g/mol. The molecule has 0 saturated carbocycles. The molecule has 0 radical (unpaired) electrons. The lowest BCUT2D eigenvalue weighted by Gasteiger charge is -2.43. The van der Waals surface area contributed by atoms with E-state index in [2.05, 4.69) is 9.99 Å². The molecule has 0 bridgehead atoms. The van der Waals surface area contributed by atoms with Crippen LogP contribution in [0.4, 0.5) is 0 Å². The van der Waals surface area contributed by atoms with Crippen LogP contribution in [0.5, 0.6) is 0 Å². The van der Waals surface area contributed by atoms with Crippen molar-refractivity contribution in [3.8, 4) is 0 Å². The zero-order valence-electron chi connectivity index (χ0n) is 17.5. The van der Waals surface area contributed by atoms with Crippen molar-refractivity contribution in [1.82, 2.24) is 0 Å². The molecule has 0 aromatic rings. The number of nitrogens with zero attached hydrogens (tertiary/aromatic N) is 1. The Labute approximate surface area is 192 Å². The number of aliphatic hydroxyl groups excluding tert-OH is 8. The first kappa shape index (κ1) is 26.7. The van der Waals surface area contributed by atoms with Crippen molar-refractivity contribution < 1.29 is 64.6 Å². The number of rotatable bonds is 7. The van der Waals surface area contributed by atoms with Gasteiger partial charge in [-0.1, -0.05) is 16.9 Å². The maximum Gasteiger partial charge on any atom is 0.188 e. The quantitative estimate of drug-likeness (QED) is 0.155. The molecule has 3 rings (SSSR count). The van der Waals surface area contributed by atoms with Gasteiger partial charge >= 0.3 is 0 Å². The van der Waals surface area contributed by atoms with E-state index in [0.717, 1.165) is 11.8 Å². The third-order valence-electron chi connectivity index (χ3n) is 5.34. The standard InChI is InChI=1S/C18H29NO13S/c1-28-19-9-3-2-6(21)18(33-9)32-17-15(27)13(25)11(23)8(31-17)5-29-16-14(26)12(24)10(22)7(4-20)30-16/h2-3,6-8,10-18,20-27H,4-5H2,1H3. The highest BCUT2D eigenvalue weighted by molar-refractivity contribution is 8.14. The highest BCUT2D eigenvalue weighted by atomic mass is 32.2. The maximum absolute atomic E-state index is 10.3. The molecule has 0 aliphatic carbocycles. The van der Waals surface area contributed by atoms with Gasteiger partial charge < -0.3 is 64.6 Å². The fourth-order valence-electron chi connectivity index (χ4n) is 3.44. The Kier molecular flexibility index (Phi) is 9.44. The van der Waals surface area contributed by atoms with E-state index in [9.17, 15) is 40.9 Å². The van der Waals surface area contributed by atoms with Crippen molar-refractivity contribution >= 4 is 16.8 Å². The van der Waals surface area contributed by atoms with Gasteiger partial charge in [-0.3, -0.25) is 0 Å². The normalized spacial score (nSPS) is 47.6. The van der Waals surface area contributed by atoms with Gasteiger partial charge in [0.05, 0.1) is 13.2 Å². The van der Waals surface area contributed by atoms with E-state index in [1.165, 1.54) is 19.3 Å². The number of hydrogen-bond acceptors (Lipinski definition) is 15. The van der Waals surface area contributed by atoms with Crippen LogP contribution in [0.1, 0.15) is 0 Å². The first-order valence-electron chi connectivity index (χ1n) is 10.1. The lowest BCUT2D eigenvalue weighted by atomic mass is 9.98. The van der Waals surface area contributed by atoms with E-state index in [4.69, 9.17) is 18.9 Å². The summed E-state index contributed by atoms with van der Waals surface area (Å²) < 4.78 is 21.7. The highest BCUT2D eigenvalue weighted by Crippen LogP contribution is 2.31. The van der Waals surface area contributed by atoms with Gasteiger partial charge in [0.1, 0.15) is 72.5 Å². The molecule has 190 valence electrons. The summed E-state index contributed by atoms with van der Waals surface area (Å²) in [6.45, 7) is -1.15. The van der Waals surface area contributed by atoms with E-state index in [0.29, 0.717) is 5.04 Å². The molecule has 0 aromatic carbocycles. The third kappa shape index (κ3) is 6.02. The van der Waals surface area contributed by atoms with Crippen molar-refractivity contribution in [2.24, 2.45) is 5.16 Å². The highest BCUT2D eigenvalue weighted by Gasteiger charge is 2.48. The minimum atomic E-state index is -1.71. The second-order valence-corrected chi connectivity index (χ2v) is 8.75. The van der Waals surface area contributed by atoms with E-state index in [1.807, 2.05) is 0 Å². The Morgan fingerprint density at radius 2 is 1.48 bits per heavy atom. The summed E-state index contributed by atoms with van der Waals surface area (Å²) in [6, 6.07) is 0. The van der Waals surface area contributed by atoms with Crippen molar-refractivity contribution in [2.75, 3.05) is 20.3 Å². The van der Waals surface area contributed by atoms with Crippen LogP contribution in [0, 0.1) is 0 Å².